The Morgan fingerprint density at radius 2 is 2.20 bits per heavy atom. The number of aromatic nitrogens is 1. The van der Waals surface area contributed by atoms with Crippen molar-refractivity contribution >= 4 is 22.4 Å². The fourth-order valence-electron chi connectivity index (χ4n) is 2.98. The smallest absolute Gasteiger partial charge is 0.209 e. The predicted octanol–water partition coefficient (Wildman–Crippen LogP) is 4.23. The molecule has 4 rings (SSSR count). The lowest BCUT2D eigenvalue weighted by atomic mass is 10.2. The third kappa shape index (κ3) is 2.15. The molecule has 0 N–H and O–H groups in total. The van der Waals surface area contributed by atoms with E-state index in [-0.39, 0.29) is 0 Å². The molecule has 0 amide bonds. The molecule has 0 saturated carbocycles. The zero-order valence-electron chi connectivity index (χ0n) is 11.2. The van der Waals surface area contributed by atoms with E-state index in [1.54, 1.807) is 0 Å². The minimum atomic E-state index is 0.532. The molecule has 1 aliphatic heterocycles. The highest BCUT2D eigenvalue weighted by Gasteiger charge is 2.27. The summed E-state index contributed by atoms with van der Waals surface area (Å²) < 4.78 is 5.85. The van der Waals surface area contributed by atoms with Crippen LogP contribution in [0.15, 0.2) is 46.2 Å². The van der Waals surface area contributed by atoms with Gasteiger partial charge in [0.05, 0.1) is 6.54 Å². The molecule has 0 aliphatic carbocycles. The number of oxazole rings is 1. The van der Waals surface area contributed by atoms with Crippen molar-refractivity contribution in [2.45, 2.75) is 25.4 Å². The van der Waals surface area contributed by atoms with Crippen molar-refractivity contribution in [1.29, 1.82) is 0 Å². The molecule has 1 saturated heterocycles. The molecule has 1 atom stereocenters. The van der Waals surface area contributed by atoms with E-state index in [1.165, 1.54) is 17.7 Å². The summed E-state index contributed by atoms with van der Waals surface area (Å²) in [6, 6.07) is 12.9. The van der Waals surface area contributed by atoms with Gasteiger partial charge < -0.3 is 4.42 Å². The average Bonchev–Trinajstić information content (AvgIpc) is 3.18. The first-order valence-corrected chi connectivity index (χ1v) is 7.90. The van der Waals surface area contributed by atoms with Crippen molar-refractivity contribution in [2.75, 3.05) is 6.54 Å². The van der Waals surface area contributed by atoms with Gasteiger partial charge in [0, 0.05) is 10.9 Å². The van der Waals surface area contributed by atoms with Gasteiger partial charge in [-0.25, -0.2) is 4.98 Å². The Balaban J connectivity index is 1.58. The molecule has 4 heteroatoms. The molecule has 1 unspecified atom stereocenters. The first-order chi connectivity index (χ1) is 9.90. The summed E-state index contributed by atoms with van der Waals surface area (Å²) >= 11 is 1.85. The Kier molecular flexibility index (Phi) is 3.05. The minimum Gasteiger partial charge on any atom is -0.439 e. The monoisotopic (exact) mass is 284 g/mol. The number of hydrogen-bond donors (Lipinski definition) is 0. The highest BCUT2D eigenvalue weighted by atomic mass is 32.1. The highest BCUT2D eigenvalue weighted by Crippen LogP contribution is 2.35. The molecule has 1 aliphatic rings. The van der Waals surface area contributed by atoms with Gasteiger partial charge in [0.1, 0.15) is 5.52 Å². The van der Waals surface area contributed by atoms with Gasteiger partial charge in [-0.15, -0.1) is 11.3 Å². The lowest BCUT2D eigenvalue weighted by molar-refractivity contribution is 0.228. The van der Waals surface area contributed by atoms with Crippen LogP contribution in [0.1, 0.15) is 29.7 Å². The van der Waals surface area contributed by atoms with E-state index in [0.29, 0.717) is 6.04 Å². The van der Waals surface area contributed by atoms with Crippen molar-refractivity contribution in [2.24, 2.45) is 0 Å². The number of nitrogens with zero attached hydrogens (tertiary/aromatic N) is 2. The number of para-hydroxylation sites is 2. The normalized spacial score (nSPS) is 19.9. The molecule has 3 nitrogen and oxygen atoms in total. The summed E-state index contributed by atoms with van der Waals surface area (Å²) in [5.41, 5.74) is 1.84. The number of thiophene rings is 1. The Hall–Kier alpha value is -1.65. The third-order valence-electron chi connectivity index (χ3n) is 3.91. The van der Waals surface area contributed by atoms with Crippen LogP contribution < -0.4 is 0 Å². The molecule has 3 heterocycles. The van der Waals surface area contributed by atoms with E-state index in [0.717, 1.165) is 30.1 Å². The van der Waals surface area contributed by atoms with Crippen LogP contribution in [0.2, 0.25) is 0 Å². The molecule has 1 fully saturated rings. The number of likely N-dealkylation sites (tertiary alicyclic amines) is 1. The van der Waals surface area contributed by atoms with Crippen molar-refractivity contribution in [1.82, 2.24) is 9.88 Å². The van der Waals surface area contributed by atoms with Crippen LogP contribution in [0.3, 0.4) is 0 Å². The van der Waals surface area contributed by atoms with Gasteiger partial charge in [0.25, 0.3) is 0 Å². The fraction of sp³-hybridized carbons (Fsp3) is 0.312. The summed E-state index contributed by atoms with van der Waals surface area (Å²) in [6.45, 7) is 1.93. The van der Waals surface area contributed by atoms with Crippen molar-refractivity contribution < 1.29 is 4.42 Å². The van der Waals surface area contributed by atoms with E-state index < -0.39 is 0 Å². The number of benzene rings is 1. The number of hydrogen-bond acceptors (Lipinski definition) is 4. The zero-order valence-corrected chi connectivity index (χ0v) is 12.0. The first kappa shape index (κ1) is 12.1. The summed E-state index contributed by atoms with van der Waals surface area (Å²) in [7, 11) is 0. The third-order valence-corrected chi connectivity index (χ3v) is 4.89. The Bertz CT molecular complexity index is 671. The molecule has 1 aromatic carbocycles. The second-order valence-corrected chi connectivity index (χ2v) is 6.20. The topological polar surface area (TPSA) is 29.3 Å². The Morgan fingerprint density at radius 1 is 1.25 bits per heavy atom. The van der Waals surface area contributed by atoms with E-state index in [9.17, 15) is 0 Å². The standard InChI is InChI=1S/C16H16N2OS/c1-2-7-14-12(5-1)17-16(19-14)11-18-9-3-6-13(18)15-8-4-10-20-15/h1-2,4-5,7-8,10,13H,3,6,9,11H2. The molecule has 0 radical (unpaired) electrons. The SMILES string of the molecule is c1csc(C2CCCN2Cc2nc3ccccc3o2)c1. The van der Waals surface area contributed by atoms with E-state index >= 15 is 0 Å². The van der Waals surface area contributed by atoms with E-state index in [4.69, 9.17) is 4.42 Å². The van der Waals surface area contributed by atoms with Crippen LogP contribution in [0.4, 0.5) is 0 Å². The van der Waals surface area contributed by atoms with E-state index in [1.807, 2.05) is 35.6 Å². The van der Waals surface area contributed by atoms with Crippen LogP contribution in [-0.2, 0) is 6.54 Å². The second kappa shape index (κ2) is 5.04. The van der Waals surface area contributed by atoms with E-state index in [2.05, 4.69) is 27.4 Å². The zero-order chi connectivity index (χ0) is 13.4. The second-order valence-electron chi connectivity index (χ2n) is 5.22. The van der Waals surface area contributed by atoms with Gasteiger partial charge in [-0.3, -0.25) is 4.90 Å². The lowest BCUT2D eigenvalue weighted by Crippen LogP contribution is -2.22. The van der Waals surface area contributed by atoms with Gasteiger partial charge in [-0.2, -0.15) is 0 Å². The molecular formula is C16H16N2OS. The van der Waals surface area contributed by atoms with Crippen molar-refractivity contribution in [3.8, 4) is 0 Å². The first-order valence-electron chi connectivity index (χ1n) is 7.02. The quantitative estimate of drug-likeness (QED) is 0.721. The minimum absolute atomic E-state index is 0.532. The van der Waals surface area contributed by atoms with Gasteiger partial charge >= 0.3 is 0 Å². The molecule has 0 spiro atoms. The maximum atomic E-state index is 5.85. The molecule has 3 aromatic rings. The molecule has 2 aromatic heterocycles. The maximum absolute atomic E-state index is 5.85. The Labute approximate surface area is 121 Å². The Morgan fingerprint density at radius 3 is 3.05 bits per heavy atom. The van der Waals surface area contributed by atoms with Crippen LogP contribution in [0.25, 0.3) is 11.1 Å². The average molecular weight is 284 g/mol. The van der Waals surface area contributed by atoms with Crippen LogP contribution in [-0.4, -0.2) is 16.4 Å². The molecule has 0 bridgehead atoms. The van der Waals surface area contributed by atoms with Crippen molar-refractivity contribution in [3.63, 3.8) is 0 Å². The summed E-state index contributed by atoms with van der Waals surface area (Å²) in [5.74, 6) is 0.828. The lowest BCUT2D eigenvalue weighted by Gasteiger charge is -2.21. The van der Waals surface area contributed by atoms with Crippen molar-refractivity contribution in [3.05, 3.63) is 52.5 Å². The summed E-state index contributed by atoms with van der Waals surface area (Å²) in [5, 5.41) is 2.16. The van der Waals surface area contributed by atoms with Crippen LogP contribution >= 0.6 is 11.3 Å². The molecule has 20 heavy (non-hydrogen) atoms. The number of rotatable bonds is 3. The van der Waals surface area contributed by atoms with Gasteiger partial charge in [0.15, 0.2) is 5.58 Å². The largest absolute Gasteiger partial charge is 0.439 e. The predicted molar refractivity (Wildman–Crippen MR) is 80.7 cm³/mol. The van der Waals surface area contributed by atoms with Crippen LogP contribution in [0, 0.1) is 0 Å². The molecule has 102 valence electrons. The number of fused-ring (bicyclic) bond motifs is 1. The van der Waals surface area contributed by atoms with Gasteiger partial charge in [-0.1, -0.05) is 18.2 Å². The highest BCUT2D eigenvalue weighted by molar-refractivity contribution is 7.10. The maximum Gasteiger partial charge on any atom is 0.209 e. The van der Waals surface area contributed by atoms with Gasteiger partial charge in [0.2, 0.25) is 5.89 Å². The fourth-order valence-corrected chi connectivity index (χ4v) is 3.88. The van der Waals surface area contributed by atoms with Crippen LogP contribution in [0.5, 0.6) is 0 Å². The summed E-state index contributed by atoms with van der Waals surface area (Å²) in [6.07, 6.45) is 2.49. The summed E-state index contributed by atoms with van der Waals surface area (Å²) in [4.78, 5) is 8.53. The van der Waals surface area contributed by atoms with Gasteiger partial charge in [-0.05, 0) is 43.0 Å². The molecular weight excluding hydrogens is 268 g/mol.